The van der Waals surface area contributed by atoms with Crippen LogP contribution in [0.1, 0.15) is 32.6 Å². The Morgan fingerprint density at radius 3 is 2.50 bits per heavy atom. The van der Waals surface area contributed by atoms with E-state index >= 15 is 0 Å². The number of hydrogen-bond acceptors (Lipinski definition) is 1. The van der Waals surface area contributed by atoms with Crippen molar-refractivity contribution in [2.75, 3.05) is 5.75 Å². The molecule has 49 valence electrons. The normalized spacial score (nSPS) is 9.75. The number of unbranched alkanes of at least 4 members (excludes halogenated alkanes) is 3. The van der Waals surface area contributed by atoms with Gasteiger partial charge in [-0.25, -0.2) is 0 Å². The summed E-state index contributed by atoms with van der Waals surface area (Å²) in [6.07, 6.45) is 9.16. The van der Waals surface area contributed by atoms with Gasteiger partial charge in [-0.15, -0.1) is 0 Å². The largest absolute Gasteiger partial charge is 0.161 e. The fourth-order valence-corrected chi connectivity index (χ4v) is 1.04. The maximum Gasteiger partial charge on any atom is 0.00235 e. The standard InChI is InChI=1S/C7H15S/c1-3-4-5-6-7-8-2/h2-7H2,1H3. The van der Waals surface area contributed by atoms with E-state index in [4.69, 9.17) is 0 Å². The van der Waals surface area contributed by atoms with Crippen molar-refractivity contribution < 1.29 is 0 Å². The van der Waals surface area contributed by atoms with Gasteiger partial charge in [-0.3, -0.25) is 0 Å². The van der Waals surface area contributed by atoms with Crippen molar-refractivity contribution in [3.05, 3.63) is 6.26 Å². The van der Waals surface area contributed by atoms with Crippen LogP contribution in [0.3, 0.4) is 0 Å². The highest BCUT2D eigenvalue weighted by Crippen LogP contribution is 2.04. The summed E-state index contributed by atoms with van der Waals surface area (Å²) < 4.78 is 0. The van der Waals surface area contributed by atoms with E-state index in [-0.39, 0.29) is 0 Å². The lowest BCUT2D eigenvalue weighted by Gasteiger charge is -1.93. The summed E-state index contributed by atoms with van der Waals surface area (Å²) in [5, 5.41) is 0. The first-order valence-electron chi connectivity index (χ1n) is 3.28. The lowest BCUT2D eigenvalue weighted by atomic mass is 10.2. The first-order valence-corrected chi connectivity index (χ1v) is 4.44. The molecule has 0 unspecified atom stereocenters. The van der Waals surface area contributed by atoms with Crippen molar-refractivity contribution in [1.82, 2.24) is 0 Å². The lowest BCUT2D eigenvalue weighted by Crippen LogP contribution is -1.76. The van der Waals surface area contributed by atoms with Gasteiger partial charge >= 0.3 is 0 Å². The summed E-state index contributed by atoms with van der Waals surface area (Å²) in [7, 11) is 0. The molecule has 0 N–H and O–H groups in total. The molecule has 0 aromatic rings. The van der Waals surface area contributed by atoms with Crippen molar-refractivity contribution in [2.45, 2.75) is 32.6 Å². The molecular weight excluding hydrogens is 116 g/mol. The zero-order chi connectivity index (χ0) is 6.24. The van der Waals surface area contributed by atoms with E-state index in [0.717, 1.165) is 0 Å². The van der Waals surface area contributed by atoms with Gasteiger partial charge in [0.25, 0.3) is 0 Å². The van der Waals surface area contributed by atoms with Crippen molar-refractivity contribution in [2.24, 2.45) is 0 Å². The fourth-order valence-electron chi connectivity index (χ4n) is 0.631. The molecule has 0 spiro atoms. The molecule has 8 heavy (non-hydrogen) atoms. The van der Waals surface area contributed by atoms with Crippen molar-refractivity contribution in [3.63, 3.8) is 0 Å². The molecule has 1 heteroatoms. The maximum absolute atomic E-state index is 3.70. The maximum atomic E-state index is 3.70. The highest BCUT2D eigenvalue weighted by molar-refractivity contribution is 8.00. The second-order valence-corrected chi connectivity index (χ2v) is 2.79. The Bertz CT molecular complexity index is 29.4. The predicted octanol–water partition coefficient (Wildman–Crippen LogP) is 3.09. The molecule has 0 aromatic carbocycles. The Morgan fingerprint density at radius 2 is 2.00 bits per heavy atom. The van der Waals surface area contributed by atoms with Gasteiger partial charge in [0.15, 0.2) is 0 Å². The van der Waals surface area contributed by atoms with Crippen LogP contribution in [0.5, 0.6) is 0 Å². The number of rotatable bonds is 5. The van der Waals surface area contributed by atoms with Gasteiger partial charge in [-0.05, 0) is 12.2 Å². The first kappa shape index (κ1) is 8.35. The van der Waals surface area contributed by atoms with E-state index in [1.807, 2.05) is 0 Å². The molecule has 0 saturated carbocycles. The van der Waals surface area contributed by atoms with Crippen molar-refractivity contribution in [1.29, 1.82) is 0 Å². The van der Waals surface area contributed by atoms with Gasteiger partial charge in [-0.1, -0.05) is 26.2 Å². The average Bonchev–Trinajstić information content (AvgIpc) is 1.81. The Labute approximate surface area is 57.1 Å². The number of hydrogen-bond donors (Lipinski definition) is 0. The summed E-state index contributed by atoms with van der Waals surface area (Å²) in [4.78, 5) is 0. The molecule has 0 aliphatic carbocycles. The molecule has 0 fully saturated rings. The molecule has 0 saturated heterocycles. The minimum atomic E-state index is 1.24. The summed E-state index contributed by atoms with van der Waals surface area (Å²) in [5.74, 6) is 1.24. The van der Waals surface area contributed by atoms with Gasteiger partial charge in [0.2, 0.25) is 0 Å². The second kappa shape index (κ2) is 7.35. The number of thioether (sulfide) groups is 1. The smallest absolute Gasteiger partial charge is 0.00235 e. The van der Waals surface area contributed by atoms with Crippen LogP contribution < -0.4 is 0 Å². The predicted molar refractivity (Wildman–Crippen MR) is 42.0 cm³/mol. The van der Waals surface area contributed by atoms with Crippen LogP contribution in [-0.2, 0) is 0 Å². The fraction of sp³-hybridized carbons (Fsp3) is 0.857. The third-order valence-corrected chi connectivity index (χ3v) is 1.72. The van der Waals surface area contributed by atoms with Gasteiger partial charge in [-0.2, -0.15) is 11.8 Å². The molecule has 0 atom stereocenters. The van der Waals surface area contributed by atoms with Crippen LogP contribution in [-0.4, -0.2) is 5.75 Å². The zero-order valence-corrected chi connectivity index (χ0v) is 6.47. The van der Waals surface area contributed by atoms with Crippen molar-refractivity contribution in [3.8, 4) is 0 Å². The van der Waals surface area contributed by atoms with E-state index in [1.54, 1.807) is 11.8 Å². The van der Waals surface area contributed by atoms with Crippen LogP contribution in [0, 0.1) is 6.26 Å². The molecule has 1 radical (unpaired) electrons. The molecule has 0 heterocycles. The SMILES string of the molecule is [CH2]SCCCCCC. The summed E-state index contributed by atoms with van der Waals surface area (Å²) in [6.45, 7) is 2.23. The molecule has 0 aromatic heterocycles. The van der Waals surface area contributed by atoms with E-state index in [9.17, 15) is 0 Å². The van der Waals surface area contributed by atoms with Crippen LogP contribution in [0.4, 0.5) is 0 Å². The quantitative estimate of drug-likeness (QED) is 0.517. The van der Waals surface area contributed by atoms with Crippen LogP contribution in [0.25, 0.3) is 0 Å². The third kappa shape index (κ3) is 6.35. The van der Waals surface area contributed by atoms with Crippen LogP contribution in [0.15, 0.2) is 0 Å². The second-order valence-electron chi connectivity index (χ2n) is 1.97. The van der Waals surface area contributed by atoms with E-state index in [0.29, 0.717) is 0 Å². The van der Waals surface area contributed by atoms with Crippen LogP contribution >= 0.6 is 11.8 Å². The minimum Gasteiger partial charge on any atom is -0.161 e. The molecule has 0 aliphatic heterocycles. The Hall–Kier alpha value is 0.350. The van der Waals surface area contributed by atoms with E-state index in [1.165, 1.54) is 31.4 Å². The molecule has 0 rings (SSSR count). The minimum absolute atomic E-state index is 1.24. The Kier molecular flexibility index (Phi) is 7.67. The van der Waals surface area contributed by atoms with E-state index < -0.39 is 0 Å². The summed E-state index contributed by atoms with van der Waals surface area (Å²) >= 11 is 1.70. The molecule has 0 bridgehead atoms. The summed E-state index contributed by atoms with van der Waals surface area (Å²) in [6, 6.07) is 0. The average molecular weight is 131 g/mol. The Balaban J connectivity index is 2.53. The summed E-state index contributed by atoms with van der Waals surface area (Å²) in [5.41, 5.74) is 0. The first-order chi connectivity index (χ1) is 3.91. The van der Waals surface area contributed by atoms with Gasteiger partial charge in [0.1, 0.15) is 0 Å². The van der Waals surface area contributed by atoms with Gasteiger partial charge in [0, 0.05) is 6.26 Å². The van der Waals surface area contributed by atoms with Gasteiger partial charge < -0.3 is 0 Å². The molecule has 0 aliphatic rings. The zero-order valence-electron chi connectivity index (χ0n) is 5.65. The highest BCUT2D eigenvalue weighted by Gasteiger charge is 1.83. The van der Waals surface area contributed by atoms with Crippen molar-refractivity contribution >= 4 is 11.8 Å². The molecule has 0 amide bonds. The Morgan fingerprint density at radius 1 is 1.25 bits per heavy atom. The molecule has 0 nitrogen and oxygen atoms in total. The lowest BCUT2D eigenvalue weighted by molar-refractivity contribution is 0.707. The van der Waals surface area contributed by atoms with Gasteiger partial charge in [0.05, 0.1) is 0 Å². The van der Waals surface area contributed by atoms with Crippen LogP contribution in [0.2, 0.25) is 0 Å². The molecular formula is C7H15S. The monoisotopic (exact) mass is 131 g/mol. The topological polar surface area (TPSA) is 0 Å². The third-order valence-electron chi connectivity index (χ3n) is 1.14. The van der Waals surface area contributed by atoms with E-state index in [2.05, 4.69) is 13.2 Å². The highest BCUT2D eigenvalue weighted by atomic mass is 32.2.